The molecule has 3 fully saturated rings. The molecule has 0 aromatic heterocycles. The predicted octanol–water partition coefficient (Wildman–Crippen LogP) is 2.01. The van der Waals surface area contributed by atoms with Crippen molar-refractivity contribution in [3.63, 3.8) is 0 Å². The van der Waals surface area contributed by atoms with Crippen LogP contribution < -0.4 is 10.6 Å². The smallest absolute Gasteiger partial charge is 0.319 e. The van der Waals surface area contributed by atoms with Crippen LogP contribution in [0.5, 0.6) is 0 Å². The summed E-state index contributed by atoms with van der Waals surface area (Å²) in [6.45, 7) is 6.50. The Bertz CT molecular complexity index is 593. The number of nitrogens with one attached hydrogen (secondary N) is 2. The highest BCUT2D eigenvalue weighted by Gasteiger charge is 2.40. The standard InChI is InChI=1S/C21H35N5O/c1-24(2)11-12-25(3)15-18-16-26-10-9-17(18)13-20(26)14-22-21(27)23-19-7-5-4-6-8-19/h4-8,17-18,20H,9-16H2,1-3H3,(H2,22,23,27)/t17-,18-,20+/m0/s1. The second kappa shape index (κ2) is 9.53. The van der Waals surface area contributed by atoms with Crippen molar-refractivity contribution in [1.29, 1.82) is 0 Å². The van der Waals surface area contributed by atoms with Gasteiger partial charge in [0.05, 0.1) is 0 Å². The number of amides is 2. The third-order valence-electron chi connectivity index (χ3n) is 6.02. The SMILES string of the molecule is CN(C)CCN(C)C[C@H]1CN2CC[C@H]1C[C@@H]2CNC(=O)Nc1ccccc1. The molecule has 3 aliphatic heterocycles. The lowest BCUT2D eigenvalue weighted by Gasteiger charge is -2.50. The average molecular weight is 374 g/mol. The number of anilines is 1. The van der Waals surface area contributed by atoms with Crippen molar-refractivity contribution < 1.29 is 4.79 Å². The number of hydrogen-bond donors (Lipinski definition) is 2. The zero-order valence-corrected chi connectivity index (χ0v) is 17.0. The lowest BCUT2D eigenvalue weighted by Crippen LogP contribution is -2.58. The van der Waals surface area contributed by atoms with Crippen LogP contribution >= 0.6 is 0 Å². The van der Waals surface area contributed by atoms with Gasteiger partial charge in [-0.15, -0.1) is 0 Å². The maximum absolute atomic E-state index is 12.1. The zero-order valence-electron chi connectivity index (χ0n) is 17.0. The van der Waals surface area contributed by atoms with Gasteiger partial charge in [0.1, 0.15) is 0 Å². The first-order valence-electron chi connectivity index (χ1n) is 10.2. The van der Waals surface area contributed by atoms with Gasteiger partial charge in [-0.25, -0.2) is 4.79 Å². The molecule has 0 spiro atoms. The van der Waals surface area contributed by atoms with E-state index in [1.807, 2.05) is 30.3 Å². The van der Waals surface area contributed by atoms with Gasteiger partial charge in [-0.1, -0.05) is 18.2 Å². The molecule has 1 aromatic rings. The second-order valence-electron chi connectivity index (χ2n) is 8.46. The van der Waals surface area contributed by atoms with E-state index in [4.69, 9.17) is 0 Å². The third kappa shape index (κ3) is 5.92. The van der Waals surface area contributed by atoms with Crippen LogP contribution in [0.15, 0.2) is 30.3 Å². The summed E-state index contributed by atoms with van der Waals surface area (Å²) in [6, 6.07) is 9.99. The fraction of sp³-hybridized carbons (Fsp3) is 0.667. The van der Waals surface area contributed by atoms with E-state index in [-0.39, 0.29) is 6.03 Å². The summed E-state index contributed by atoms with van der Waals surface area (Å²) in [5.41, 5.74) is 0.835. The van der Waals surface area contributed by atoms with Gasteiger partial charge in [0, 0.05) is 44.5 Å². The fourth-order valence-electron chi connectivity index (χ4n) is 4.44. The minimum atomic E-state index is -0.108. The molecular formula is C21H35N5O. The largest absolute Gasteiger partial charge is 0.336 e. The van der Waals surface area contributed by atoms with E-state index in [2.05, 4.69) is 46.5 Å². The Kier molecular flexibility index (Phi) is 7.10. The molecule has 1 unspecified atom stereocenters. The third-order valence-corrected chi connectivity index (χ3v) is 6.02. The van der Waals surface area contributed by atoms with Crippen molar-refractivity contribution in [1.82, 2.24) is 20.0 Å². The van der Waals surface area contributed by atoms with Gasteiger partial charge in [-0.2, -0.15) is 0 Å². The molecule has 3 heterocycles. The molecule has 6 heteroatoms. The van der Waals surface area contributed by atoms with Crippen LogP contribution in [0.25, 0.3) is 0 Å². The minimum absolute atomic E-state index is 0.108. The van der Waals surface area contributed by atoms with Crippen molar-refractivity contribution >= 4 is 11.7 Å². The molecule has 2 N–H and O–H groups in total. The summed E-state index contributed by atoms with van der Waals surface area (Å²) >= 11 is 0. The van der Waals surface area contributed by atoms with E-state index < -0.39 is 0 Å². The minimum Gasteiger partial charge on any atom is -0.336 e. The van der Waals surface area contributed by atoms with Crippen LogP contribution in [0, 0.1) is 11.8 Å². The zero-order chi connectivity index (χ0) is 19.2. The molecule has 4 rings (SSSR count). The normalized spacial score (nSPS) is 27.1. The summed E-state index contributed by atoms with van der Waals surface area (Å²) in [5.74, 6) is 1.56. The Labute approximate surface area is 163 Å². The monoisotopic (exact) mass is 373 g/mol. The van der Waals surface area contributed by atoms with Crippen LogP contribution in [0.3, 0.4) is 0 Å². The van der Waals surface area contributed by atoms with Crippen LogP contribution in [0.1, 0.15) is 12.8 Å². The van der Waals surface area contributed by atoms with Crippen LogP contribution in [-0.4, -0.2) is 87.2 Å². The maximum Gasteiger partial charge on any atom is 0.319 e. The molecule has 0 aliphatic carbocycles. The molecule has 4 atom stereocenters. The van der Waals surface area contributed by atoms with E-state index in [0.717, 1.165) is 37.2 Å². The summed E-state index contributed by atoms with van der Waals surface area (Å²) in [6.07, 6.45) is 2.51. The summed E-state index contributed by atoms with van der Waals surface area (Å²) in [4.78, 5) is 19.5. The van der Waals surface area contributed by atoms with Crippen molar-refractivity contribution in [2.75, 3.05) is 65.7 Å². The molecule has 2 amide bonds. The van der Waals surface area contributed by atoms with Gasteiger partial charge in [0.2, 0.25) is 0 Å². The predicted molar refractivity (Wildman–Crippen MR) is 111 cm³/mol. The Morgan fingerprint density at radius 3 is 2.63 bits per heavy atom. The highest BCUT2D eigenvalue weighted by atomic mass is 16.2. The molecule has 0 radical (unpaired) electrons. The molecule has 0 saturated carbocycles. The van der Waals surface area contributed by atoms with E-state index in [1.54, 1.807) is 0 Å². The Morgan fingerprint density at radius 2 is 1.96 bits per heavy atom. The highest BCUT2D eigenvalue weighted by Crippen LogP contribution is 2.36. The first kappa shape index (κ1) is 20.1. The van der Waals surface area contributed by atoms with E-state index in [9.17, 15) is 4.79 Å². The lowest BCUT2D eigenvalue weighted by molar-refractivity contribution is -0.00849. The number of fused-ring (bicyclic) bond motifs is 3. The molecule has 3 saturated heterocycles. The van der Waals surface area contributed by atoms with Crippen molar-refractivity contribution in [2.24, 2.45) is 11.8 Å². The average Bonchev–Trinajstić information content (AvgIpc) is 2.66. The van der Waals surface area contributed by atoms with Crippen LogP contribution in [-0.2, 0) is 0 Å². The van der Waals surface area contributed by atoms with Crippen LogP contribution in [0.4, 0.5) is 10.5 Å². The Hall–Kier alpha value is -1.63. The number of nitrogens with zero attached hydrogens (tertiary/aromatic N) is 3. The molecule has 150 valence electrons. The van der Waals surface area contributed by atoms with Gasteiger partial charge >= 0.3 is 6.03 Å². The number of piperidine rings is 3. The van der Waals surface area contributed by atoms with Gasteiger partial charge in [0.25, 0.3) is 0 Å². The first-order valence-corrected chi connectivity index (χ1v) is 10.2. The molecule has 3 aliphatic rings. The van der Waals surface area contributed by atoms with Gasteiger partial charge in [-0.05, 0) is 64.5 Å². The highest BCUT2D eigenvalue weighted by molar-refractivity contribution is 5.89. The van der Waals surface area contributed by atoms with Crippen molar-refractivity contribution in [3.8, 4) is 0 Å². The first-order chi connectivity index (χ1) is 13.0. The Morgan fingerprint density at radius 1 is 1.19 bits per heavy atom. The quantitative estimate of drug-likeness (QED) is 0.732. The number of hydrogen-bond acceptors (Lipinski definition) is 4. The number of rotatable bonds is 8. The molecule has 1 aromatic carbocycles. The number of likely N-dealkylation sites (N-methyl/N-ethyl adjacent to an activating group) is 2. The van der Waals surface area contributed by atoms with Gasteiger partial charge in [-0.3, -0.25) is 4.90 Å². The van der Waals surface area contributed by atoms with E-state index in [0.29, 0.717) is 6.04 Å². The number of benzene rings is 1. The topological polar surface area (TPSA) is 50.9 Å². The van der Waals surface area contributed by atoms with Crippen molar-refractivity contribution in [2.45, 2.75) is 18.9 Å². The van der Waals surface area contributed by atoms with Crippen LogP contribution in [0.2, 0.25) is 0 Å². The number of para-hydroxylation sites is 1. The van der Waals surface area contributed by atoms with E-state index in [1.165, 1.54) is 32.5 Å². The Balaban J connectivity index is 1.41. The maximum atomic E-state index is 12.1. The molecular weight excluding hydrogens is 338 g/mol. The summed E-state index contributed by atoms with van der Waals surface area (Å²) in [5, 5.41) is 5.97. The van der Waals surface area contributed by atoms with Gasteiger partial charge < -0.3 is 20.4 Å². The second-order valence-corrected chi connectivity index (χ2v) is 8.46. The lowest BCUT2D eigenvalue weighted by atomic mass is 9.75. The molecule has 6 nitrogen and oxygen atoms in total. The number of urea groups is 1. The number of carbonyl (C=O) groups excluding carboxylic acids is 1. The summed E-state index contributed by atoms with van der Waals surface area (Å²) < 4.78 is 0. The summed E-state index contributed by atoms with van der Waals surface area (Å²) in [7, 11) is 6.51. The fourth-order valence-corrected chi connectivity index (χ4v) is 4.44. The van der Waals surface area contributed by atoms with E-state index >= 15 is 0 Å². The molecule has 27 heavy (non-hydrogen) atoms. The van der Waals surface area contributed by atoms with Gasteiger partial charge in [0.15, 0.2) is 0 Å². The van der Waals surface area contributed by atoms with Crippen molar-refractivity contribution in [3.05, 3.63) is 30.3 Å². The molecule has 2 bridgehead atoms. The number of carbonyl (C=O) groups is 1.